The summed E-state index contributed by atoms with van der Waals surface area (Å²) in [6, 6.07) is 5.50. The third-order valence-electron chi connectivity index (χ3n) is 4.82. The number of aromatic nitrogens is 1. The Morgan fingerprint density at radius 1 is 1.30 bits per heavy atom. The molecule has 0 unspecified atom stereocenters. The van der Waals surface area contributed by atoms with Gasteiger partial charge in [-0.25, -0.2) is 17.5 Å². The fourth-order valence-corrected chi connectivity index (χ4v) is 3.76. The van der Waals surface area contributed by atoms with Gasteiger partial charge in [0, 0.05) is 37.1 Å². The summed E-state index contributed by atoms with van der Waals surface area (Å²) in [5, 5.41) is 0. The van der Waals surface area contributed by atoms with Crippen molar-refractivity contribution in [2.75, 3.05) is 12.3 Å². The monoisotopic (exact) mass is 391 g/mol. The number of hydrogen-bond acceptors (Lipinski definition) is 4. The van der Waals surface area contributed by atoms with Gasteiger partial charge in [0.05, 0.1) is 5.75 Å². The van der Waals surface area contributed by atoms with Gasteiger partial charge in [0.15, 0.2) is 0 Å². The van der Waals surface area contributed by atoms with E-state index in [0.29, 0.717) is 25.1 Å². The molecule has 1 aliphatic heterocycles. The van der Waals surface area contributed by atoms with Crippen LogP contribution in [0.2, 0.25) is 0 Å². The van der Waals surface area contributed by atoms with E-state index in [0.717, 1.165) is 22.4 Å². The molecule has 2 heterocycles. The number of carbonyl (C=O) groups excluding carboxylic acids is 1. The van der Waals surface area contributed by atoms with E-state index in [9.17, 15) is 17.6 Å². The van der Waals surface area contributed by atoms with Crippen molar-refractivity contribution >= 4 is 15.9 Å². The topological polar surface area (TPSA) is 79.4 Å². The summed E-state index contributed by atoms with van der Waals surface area (Å²) in [7, 11) is -3.30. The molecule has 1 aromatic heterocycles. The Morgan fingerprint density at radius 2 is 2.00 bits per heavy atom. The zero-order chi connectivity index (χ0) is 19.6. The van der Waals surface area contributed by atoms with Gasteiger partial charge in [-0.05, 0) is 61.2 Å². The van der Waals surface area contributed by atoms with Crippen LogP contribution in [-0.4, -0.2) is 36.5 Å². The van der Waals surface area contributed by atoms with E-state index < -0.39 is 10.0 Å². The minimum Gasteiger partial charge on any atom is -0.334 e. The van der Waals surface area contributed by atoms with Gasteiger partial charge < -0.3 is 4.90 Å². The highest BCUT2D eigenvalue weighted by atomic mass is 32.2. The van der Waals surface area contributed by atoms with Gasteiger partial charge in [-0.1, -0.05) is 0 Å². The van der Waals surface area contributed by atoms with Crippen LogP contribution in [0.3, 0.4) is 0 Å². The van der Waals surface area contributed by atoms with Crippen molar-refractivity contribution in [1.82, 2.24) is 14.6 Å². The van der Waals surface area contributed by atoms with Gasteiger partial charge in [-0.2, -0.15) is 0 Å². The first-order chi connectivity index (χ1) is 12.8. The summed E-state index contributed by atoms with van der Waals surface area (Å²) in [6.45, 7) is 4.55. The lowest BCUT2D eigenvalue weighted by atomic mass is 9.94. The fourth-order valence-electron chi connectivity index (χ4n) is 3.19. The van der Waals surface area contributed by atoms with E-state index >= 15 is 0 Å². The Balaban J connectivity index is 1.81. The smallest absolute Gasteiger partial charge is 0.254 e. The molecule has 0 aliphatic carbocycles. The number of nitrogens with one attached hydrogen (secondary N) is 1. The predicted octanol–water partition coefficient (Wildman–Crippen LogP) is 2.17. The lowest BCUT2D eigenvalue weighted by Gasteiger charge is -2.30. The lowest BCUT2D eigenvalue weighted by Crippen LogP contribution is -2.37. The summed E-state index contributed by atoms with van der Waals surface area (Å²) >= 11 is 0. The maximum Gasteiger partial charge on any atom is 0.254 e. The summed E-state index contributed by atoms with van der Waals surface area (Å²) in [6.07, 6.45) is 2.36. The Hall–Kier alpha value is -2.32. The first-order valence-electron chi connectivity index (χ1n) is 8.79. The van der Waals surface area contributed by atoms with E-state index in [-0.39, 0.29) is 24.0 Å². The number of carbonyl (C=O) groups is 1. The molecule has 1 aliphatic rings. The van der Waals surface area contributed by atoms with Crippen molar-refractivity contribution < 1.29 is 17.6 Å². The fraction of sp³-hybridized carbons (Fsp3) is 0.368. The number of nitrogens with zero attached hydrogens (tertiary/aromatic N) is 2. The molecule has 0 spiro atoms. The highest BCUT2D eigenvalue weighted by Crippen LogP contribution is 2.25. The highest BCUT2D eigenvalue weighted by molar-refractivity contribution is 7.89. The van der Waals surface area contributed by atoms with E-state index in [1.807, 2.05) is 6.92 Å². The van der Waals surface area contributed by atoms with Crippen LogP contribution < -0.4 is 4.72 Å². The summed E-state index contributed by atoms with van der Waals surface area (Å²) in [4.78, 5) is 18.7. The van der Waals surface area contributed by atoms with Crippen LogP contribution in [0.25, 0.3) is 0 Å². The Morgan fingerprint density at radius 3 is 2.67 bits per heavy atom. The molecule has 0 radical (unpaired) electrons. The Kier molecular flexibility index (Phi) is 5.57. The molecule has 1 aromatic carbocycles. The molecule has 27 heavy (non-hydrogen) atoms. The average Bonchev–Trinajstić information content (AvgIpc) is 2.67. The molecular weight excluding hydrogens is 369 g/mol. The van der Waals surface area contributed by atoms with Crippen LogP contribution in [0.5, 0.6) is 0 Å². The number of benzene rings is 1. The van der Waals surface area contributed by atoms with Crippen molar-refractivity contribution in [3.63, 3.8) is 0 Å². The lowest BCUT2D eigenvalue weighted by molar-refractivity contribution is 0.0734. The number of aryl methyl sites for hydroxylation is 1. The highest BCUT2D eigenvalue weighted by Gasteiger charge is 2.25. The second-order valence-electron chi connectivity index (χ2n) is 6.53. The van der Waals surface area contributed by atoms with Crippen LogP contribution in [0, 0.1) is 12.7 Å². The second-order valence-corrected chi connectivity index (χ2v) is 8.63. The number of rotatable bonds is 5. The standard InChI is InChI=1S/C19H22FN3O3S/c1-3-27(25,26)22-11-18-13(2)21-10-15-12-23(9-8-17(15)18)19(24)14-4-6-16(20)7-5-14/h4-7,10,22H,3,8-9,11-12H2,1-2H3. The van der Waals surface area contributed by atoms with E-state index in [2.05, 4.69) is 9.71 Å². The first-order valence-corrected chi connectivity index (χ1v) is 10.4. The van der Waals surface area contributed by atoms with E-state index in [4.69, 9.17) is 0 Å². The van der Waals surface area contributed by atoms with Gasteiger partial charge in [-0.15, -0.1) is 0 Å². The van der Waals surface area contributed by atoms with Crippen molar-refractivity contribution in [1.29, 1.82) is 0 Å². The molecular formula is C19H22FN3O3S. The number of halogens is 1. The number of hydrogen-bond donors (Lipinski definition) is 1. The maximum atomic E-state index is 13.1. The van der Waals surface area contributed by atoms with Crippen LogP contribution in [0.1, 0.15) is 39.7 Å². The zero-order valence-electron chi connectivity index (χ0n) is 15.3. The number of pyridine rings is 1. The van der Waals surface area contributed by atoms with Crippen molar-refractivity contribution in [3.8, 4) is 0 Å². The quantitative estimate of drug-likeness (QED) is 0.847. The van der Waals surface area contributed by atoms with E-state index in [1.165, 1.54) is 24.3 Å². The minimum atomic E-state index is -3.30. The normalized spacial score (nSPS) is 14.1. The maximum absolute atomic E-state index is 13.1. The Labute approximate surface area is 158 Å². The minimum absolute atomic E-state index is 0.0223. The number of fused-ring (bicyclic) bond motifs is 1. The molecule has 6 nitrogen and oxygen atoms in total. The third-order valence-corrected chi connectivity index (χ3v) is 6.17. The molecule has 0 bridgehead atoms. The van der Waals surface area contributed by atoms with Crippen LogP contribution >= 0.6 is 0 Å². The summed E-state index contributed by atoms with van der Waals surface area (Å²) in [5.41, 5.74) is 4.05. The van der Waals surface area contributed by atoms with Gasteiger partial charge in [0.1, 0.15) is 5.82 Å². The molecule has 0 atom stereocenters. The molecule has 3 rings (SSSR count). The van der Waals surface area contributed by atoms with Crippen molar-refractivity contribution in [2.24, 2.45) is 0 Å². The zero-order valence-corrected chi connectivity index (χ0v) is 16.1. The van der Waals surface area contributed by atoms with Crippen molar-refractivity contribution in [2.45, 2.75) is 33.4 Å². The first kappa shape index (κ1) is 19.4. The second kappa shape index (κ2) is 7.74. The molecule has 1 N–H and O–H groups in total. The number of amides is 1. The molecule has 0 saturated heterocycles. The van der Waals surface area contributed by atoms with Crippen molar-refractivity contribution in [3.05, 3.63) is 64.2 Å². The van der Waals surface area contributed by atoms with Crippen LogP contribution in [0.15, 0.2) is 30.5 Å². The molecule has 144 valence electrons. The van der Waals surface area contributed by atoms with Gasteiger partial charge >= 0.3 is 0 Å². The molecule has 0 fully saturated rings. The van der Waals surface area contributed by atoms with Gasteiger partial charge in [-0.3, -0.25) is 9.78 Å². The summed E-state index contributed by atoms with van der Waals surface area (Å²) < 4.78 is 39.2. The Bertz CT molecular complexity index is 959. The molecule has 0 saturated carbocycles. The SMILES string of the molecule is CCS(=O)(=O)NCc1c(C)ncc2c1CCN(C(=O)c1ccc(F)cc1)C2. The number of sulfonamides is 1. The van der Waals surface area contributed by atoms with Gasteiger partial charge in [0.25, 0.3) is 5.91 Å². The van der Waals surface area contributed by atoms with Crippen LogP contribution in [-0.2, 0) is 29.5 Å². The van der Waals surface area contributed by atoms with Crippen LogP contribution in [0.4, 0.5) is 4.39 Å². The average molecular weight is 391 g/mol. The predicted molar refractivity (Wildman–Crippen MR) is 100 cm³/mol. The molecule has 8 heteroatoms. The molecule has 1 amide bonds. The third kappa shape index (κ3) is 4.33. The molecule has 2 aromatic rings. The summed E-state index contributed by atoms with van der Waals surface area (Å²) in [5.74, 6) is -0.516. The van der Waals surface area contributed by atoms with E-state index in [1.54, 1.807) is 18.0 Å². The van der Waals surface area contributed by atoms with Gasteiger partial charge in [0.2, 0.25) is 10.0 Å². The largest absolute Gasteiger partial charge is 0.334 e.